The Balaban J connectivity index is 1.74. The molecule has 0 saturated carbocycles. The molecule has 3 heterocycles. The van der Waals surface area contributed by atoms with E-state index in [9.17, 15) is 13.2 Å². The van der Waals surface area contributed by atoms with E-state index in [1.54, 1.807) is 17.0 Å². The van der Waals surface area contributed by atoms with Crippen LogP contribution in [0.1, 0.15) is 23.7 Å². The maximum Gasteiger partial charge on any atom is 0.255 e. The van der Waals surface area contributed by atoms with Gasteiger partial charge in [0.25, 0.3) is 5.91 Å². The van der Waals surface area contributed by atoms with Crippen molar-refractivity contribution in [3.05, 3.63) is 23.9 Å². The first kappa shape index (κ1) is 13.4. The zero-order valence-corrected chi connectivity index (χ0v) is 12.0. The molecule has 2 unspecified atom stereocenters. The number of fused-ring (bicyclic) bond motifs is 2. The third kappa shape index (κ3) is 2.15. The molecular weight excluding hydrogens is 280 g/mol. The number of likely N-dealkylation sites (tertiary alicyclic amines) is 1. The first-order valence-electron chi connectivity index (χ1n) is 6.62. The Bertz CT molecular complexity index is 626. The minimum atomic E-state index is -2.98. The Labute approximate surface area is 117 Å². The van der Waals surface area contributed by atoms with Crippen LogP contribution in [0.25, 0.3) is 0 Å². The Morgan fingerprint density at radius 1 is 1.50 bits per heavy atom. The fourth-order valence-corrected chi connectivity index (χ4v) is 4.88. The Morgan fingerprint density at radius 3 is 2.80 bits per heavy atom. The molecule has 0 aliphatic carbocycles. The summed E-state index contributed by atoms with van der Waals surface area (Å²) in [6.45, 7) is 2.69. The van der Waals surface area contributed by atoms with Crippen LogP contribution >= 0.6 is 0 Å². The van der Waals surface area contributed by atoms with Crippen LogP contribution in [0.2, 0.25) is 0 Å². The lowest BCUT2D eigenvalue weighted by Crippen LogP contribution is -2.44. The summed E-state index contributed by atoms with van der Waals surface area (Å²) in [7, 11) is -2.98. The van der Waals surface area contributed by atoms with E-state index in [2.05, 4.69) is 4.98 Å². The minimum absolute atomic E-state index is 0.0911. The van der Waals surface area contributed by atoms with Gasteiger partial charge >= 0.3 is 0 Å². The van der Waals surface area contributed by atoms with Crippen LogP contribution in [-0.4, -0.2) is 54.4 Å². The molecule has 2 atom stereocenters. The van der Waals surface area contributed by atoms with Gasteiger partial charge in [0.2, 0.25) is 5.88 Å². The van der Waals surface area contributed by atoms with Crippen LogP contribution in [0.3, 0.4) is 0 Å². The first-order valence-corrected chi connectivity index (χ1v) is 8.34. The molecule has 2 aliphatic heterocycles. The molecule has 3 rings (SSSR count). The average molecular weight is 296 g/mol. The molecule has 0 radical (unpaired) electrons. The lowest BCUT2D eigenvalue weighted by atomic mass is 10.2. The van der Waals surface area contributed by atoms with Gasteiger partial charge in [-0.05, 0) is 19.4 Å². The van der Waals surface area contributed by atoms with Crippen molar-refractivity contribution in [1.29, 1.82) is 0 Å². The third-order valence-corrected chi connectivity index (χ3v) is 6.05. The summed E-state index contributed by atoms with van der Waals surface area (Å²) in [5.41, 5.74) is 0.471. The fraction of sp³-hybridized carbons (Fsp3) is 0.538. The number of rotatable bonds is 3. The number of ether oxygens (including phenoxy) is 1. The third-order valence-electron chi connectivity index (χ3n) is 3.85. The van der Waals surface area contributed by atoms with E-state index in [1.807, 2.05) is 6.92 Å². The van der Waals surface area contributed by atoms with Crippen molar-refractivity contribution in [2.75, 3.05) is 18.9 Å². The highest BCUT2D eigenvalue weighted by molar-refractivity contribution is 7.92. The van der Waals surface area contributed by atoms with Crippen LogP contribution in [0, 0.1) is 0 Å². The van der Waals surface area contributed by atoms with Crippen molar-refractivity contribution in [3.8, 4) is 5.88 Å². The maximum absolute atomic E-state index is 12.4. The molecule has 1 aromatic rings. The Morgan fingerprint density at radius 2 is 2.30 bits per heavy atom. The summed E-state index contributed by atoms with van der Waals surface area (Å²) in [6, 6.07) is 3.15. The molecule has 7 heteroatoms. The van der Waals surface area contributed by atoms with Crippen molar-refractivity contribution in [3.63, 3.8) is 0 Å². The zero-order chi connectivity index (χ0) is 14.3. The van der Waals surface area contributed by atoms with E-state index in [-0.39, 0.29) is 23.0 Å². The summed E-state index contributed by atoms with van der Waals surface area (Å²) >= 11 is 0. The summed E-state index contributed by atoms with van der Waals surface area (Å²) in [5, 5.41) is -0.382. The smallest absolute Gasteiger partial charge is 0.255 e. The second-order valence-corrected chi connectivity index (χ2v) is 7.44. The summed E-state index contributed by atoms with van der Waals surface area (Å²) < 4.78 is 28.6. The number of carbonyl (C=O) groups is 1. The van der Waals surface area contributed by atoms with Crippen molar-refractivity contribution < 1.29 is 17.9 Å². The minimum Gasteiger partial charge on any atom is -0.478 e. The number of hydrogen-bond donors (Lipinski definition) is 0. The largest absolute Gasteiger partial charge is 0.478 e. The number of amides is 1. The molecule has 1 aromatic heterocycles. The number of hydrogen-bond acceptors (Lipinski definition) is 5. The van der Waals surface area contributed by atoms with Crippen LogP contribution < -0.4 is 4.74 Å². The topological polar surface area (TPSA) is 76.6 Å². The molecule has 2 aliphatic rings. The quantitative estimate of drug-likeness (QED) is 0.811. The second kappa shape index (κ2) is 4.73. The predicted octanol–water partition coefficient (Wildman–Crippen LogP) is 0.492. The van der Waals surface area contributed by atoms with E-state index < -0.39 is 9.84 Å². The average Bonchev–Trinajstić information content (AvgIpc) is 2.95. The van der Waals surface area contributed by atoms with Crippen LogP contribution in [-0.2, 0) is 9.84 Å². The summed E-state index contributed by atoms with van der Waals surface area (Å²) in [5.74, 6) is 0.422. The van der Waals surface area contributed by atoms with E-state index in [4.69, 9.17) is 4.74 Å². The van der Waals surface area contributed by atoms with Gasteiger partial charge in [0.15, 0.2) is 9.84 Å². The molecule has 2 saturated heterocycles. The molecule has 1 amide bonds. The highest BCUT2D eigenvalue weighted by atomic mass is 32.2. The van der Waals surface area contributed by atoms with Gasteiger partial charge in [0.05, 0.1) is 23.2 Å². The van der Waals surface area contributed by atoms with Crippen LogP contribution in [0.15, 0.2) is 18.3 Å². The molecular formula is C13H16N2O4S. The maximum atomic E-state index is 12.4. The van der Waals surface area contributed by atoms with Gasteiger partial charge in [-0.1, -0.05) is 0 Å². The van der Waals surface area contributed by atoms with Crippen molar-refractivity contribution in [2.24, 2.45) is 0 Å². The Kier molecular flexibility index (Phi) is 3.16. The SMILES string of the molecule is CCOc1ccc(C(=O)N2CC3CC2CS3(=O)=O)cn1. The lowest BCUT2D eigenvalue weighted by molar-refractivity contribution is 0.0745. The number of aromatic nitrogens is 1. The molecule has 0 spiro atoms. The molecule has 0 aromatic carbocycles. The van der Waals surface area contributed by atoms with Crippen molar-refractivity contribution in [2.45, 2.75) is 24.6 Å². The predicted molar refractivity (Wildman–Crippen MR) is 72.4 cm³/mol. The highest BCUT2D eigenvalue weighted by Gasteiger charge is 2.50. The fourth-order valence-electron chi connectivity index (χ4n) is 2.85. The molecule has 0 N–H and O–H groups in total. The van der Waals surface area contributed by atoms with Gasteiger partial charge in [-0.3, -0.25) is 4.79 Å². The first-order chi connectivity index (χ1) is 9.51. The van der Waals surface area contributed by atoms with Gasteiger partial charge in [0, 0.05) is 24.8 Å². The van der Waals surface area contributed by atoms with E-state index in [1.165, 1.54) is 6.20 Å². The molecule has 6 nitrogen and oxygen atoms in total. The molecule has 108 valence electrons. The van der Waals surface area contributed by atoms with E-state index in [0.29, 0.717) is 31.0 Å². The molecule has 2 bridgehead atoms. The van der Waals surface area contributed by atoms with Crippen LogP contribution in [0.4, 0.5) is 0 Å². The summed E-state index contributed by atoms with van der Waals surface area (Å²) in [4.78, 5) is 18.1. The van der Waals surface area contributed by atoms with Gasteiger partial charge in [0.1, 0.15) is 0 Å². The number of carbonyl (C=O) groups excluding carboxylic acids is 1. The second-order valence-electron chi connectivity index (χ2n) is 5.12. The lowest BCUT2D eigenvalue weighted by Gasteiger charge is -2.26. The molecule has 2 fully saturated rings. The van der Waals surface area contributed by atoms with Gasteiger partial charge in [-0.15, -0.1) is 0 Å². The van der Waals surface area contributed by atoms with E-state index in [0.717, 1.165) is 0 Å². The van der Waals surface area contributed by atoms with Crippen LogP contribution in [0.5, 0.6) is 5.88 Å². The number of pyridine rings is 1. The van der Waals surface area contributed by atoms with Gasteiger partial charge < -0.3 is 9.64 Å². The zero-order valence-electron chi connectivity index (χ0n) is 11.2. The van der Waals surface area contributed by atoms with E-state index >= 15 is 0 Å². The number of nitrogens with zero attached hydrogens (tertiary/aromatic N) is 2. The monoisotopic (exact) mass is 296 g/mol. The molecule has 20 heavy (non-hydrogen) atoms. The summed E-state index contributed by atoms with van der Waals surface area (Å²) in [6.07, 6.45) is 2.05. The standard InChI is InChI=1S/C13H16N2O4S/c1-2-19-12-4-3-9(6-14-12)13(16)15-7-11-5-10(15)8-20(11,17)18/h3-4,6,10-11H,2,5,7-8H2,1H3. The van der Waals surface area contributed by atoms with Gasteiger partial charge in [-0.25, -0.2) is 13.4 Å². The Hall–Kier alpha value is -1.63. The highest BCUT2D eigenvalue weighted by Crippen LogP contribution is 2.33. The normalized spacial score (nSPS) is 26.8. The number of sulfone groups is 1. The van der Waals surface area contributed by atoms with Gasteiger partial charge in [-0.2, -0.15) is 0 Å². The van der Waals surface area contributed by atoms with Crippen molar-refractivity contribution >= 4 is 15.7 Å². The van der Waals surface area contributed by atoms with Crippen molar-refractivity contribution in [1.82, 2.24) is 9.88 Å².